The molecule has 0 unspecified atom stereocenters. The van der Waals surface area contributed by atoms with Gasteiger partial charge in [0.05, 0.1) is 0 Å². The van der Waals surface area contributed by atoms with Crippen molar-refractivity contribution in [1.29, 1.82) is 0 Å². The number of halogens is 4. The van der Waals surface area contributed by atoms with Gasteiger partial charge in [-0.15, -0.1) is 138 Å². The van der Waals surface area contributed by atoms with E-state index in [1.54, 1.807) is 0 Å². The first-order chi connectivity index (χ1) is 47.9. The Labute approximate surface area is 627 Å². The first kappa shape index (κ1) is 77.2. The summed E-state index contributed by atoms with van der Waals surface area (Å²) in [5, 5.41) is 21.2. The third-order valence-electron chi connectivity index (χ3n) is 16.6. The molecule has 0 N–H and O–H groups in total. The molecule has 6 radical (unpaired) electrons. The van der Waals surface area contributed by atoms with Gasteiger partial charge in [-0.1, -0.05) is 283 Å². The van der Waals surface area contributed by atoms with Crippen LogP contribution in [0.5, 0.6) is 0 Å². The average molecular weight is 1540 g/mol. The Morgan fingerprint density at radius 3 is 0.633 bits per heavy atom. The van der Waals surface area contributed by atoms with E-state index in [2.05, 4.69) is 353 Å². The van der Waals surface area contributed by atoms with Gasteiger partial charge in [-0.2, -0.15) is 37.1 Å². The standard InChI is InChI=1S/4C20H15.C6H12.2C2H5Si.4ClH.2Zr/c4*1-14-12-16-8-5-11-19(20(16)13-14)18-10-4-7-15-6-2-3-9-17(15)18;1-3-5-6-4-2;2*1-2-3;;;;;;/h4*2-13H,1H3;1-6H2;2*2H2,1H3;4*1H;;/q4*-1;-2;;;;;;;2*+2/p-4. The third kappa shape index (κ3) is 20.6. The summed E-state index contributed by atoms with van der Waals surface area (Å²) in [5.41, 5.74) is 15.9. The Kier molecular flexibility index (Phi) is 32.0. The predicted molar refractivity (Wildman–Crippen MR) is 434 cm³/mol. The molecular weight excluding hydrogens is 1460 g/mol. The minimum absolute atomic E-state index is 0.826. The Morgan fingerprint density at radius 1 is 0.276 bits per heavy atom. The molecule has 0 aliphatic carbocycles. The molecule has 0 aromatic heterocycles. The van der Waals surface area contributed by atoms with E-state index in [-0.39, 0.29) is 0 Å². The molecule has 0 bridgehead atoms. The van der Waals surface area contributed by atoms with Crippen LogP contribution in [0.1, 0.15) is 61.8 Å². The molecule has 16 aromatic carbocycles. The van der Waals surface area contributed by atoms with Crippen molar-refractivity contribution in [3.8, 4) is 44.5 Å². The number of benzene rings is 12. The van der Waals surface area contributed by atoms with Crippen molar-refractivity contribution in [1.82, 2.24) is 0 Å². The normalized spacial score (nSPS) is 10.4. The van der Waals surface area contributed by atoms with E-state index >= 15 is 0 Å². The molecule has 0 nitrogen and oxygen atoms in total. The Balaban J connectivity index is 0.000000154. The van der Waals surface area contributed by atoms with Crippen LogP contribution in [0.25, 0.3) is 131 Å². The molecule has 0 fully saturated rings. The molecular formula is C90H82Cl4Si2Zr2-6. The zero-order valence-corrected chi connectivity index (χ0v) is 66.8. The van der Waals surface area contributed by atoms with Crippen LogP contribution in [-0.2, 0) is 41.7 Å². The quantitative estimate of drug-likeness (QED) is 0.0848. The molecule has 0 aliphatic heterocycles. The van der Waals surface area contributed by atoms with Crippen molar-refractivity contribution in [3.05, 3.63) is 327 Å². The van der Waals surface area contributed by atoms with Crippen molar-refractivity contribution >= 4 is 141 Å². The molecule has 0 aliphatic rings. The summed E-state index contributed by atoms with van der Waals surface area (Å²) in [7, 11) is 26.1. The van der Waals surface area contributed by atoms with E-state index in [9.17, 15) is 0 Å². The summed E-state index contributed by atoms with van der Waals surface area (Å²) in [4.78, 5) is 0. The van der Waals surface area contributed by atoms with Crippen molar-refractivity contribution in [2.75, 3.05) is 0 Å². The van der Waals surface area contributed by atoms with Crippen molar-refractivity contribution in [2.24, 2.45) is 0 Å². The van der Waals surface area contributed by atoms with Crippen LogP contribution in [0.4, 0.5) is 0 Å². The second-order valence-corrected chi connectivity index (χ2v) is 32.6. The van der Waals surface area contributed by atoms with Crippen LogP contribution in [0.2, 0.25) is 12.1 Å². The van der Waals surface area contributed by atoms with Crippen LogP contribution in [0.15, 0.2) is 291 Å². The van der Waals surface area contributed by atoms with E-state index in [0.29, 0.717) is 0 Å². The number of unbranched alkanes of at least 4 members (excludes halogenated alkanes) is 3. The fraction of sp³-hybridized carbons (Fsp3) is 0.133. The SMILES string of the molecule is CC[Si].CC[Si].Cc1cc2c(-c3cccc4ccccc34)cccc2[cH-]1.Cc1cc2c(-c3cccc4ccccc34)cccc2[cH-]1.Cc1cc2c(-c3cccc4ccccc34)cccc2[cH-]1.Cc1cc2c(-c3cccc4ccccc34)cccc2[cH-]1.[CH2-]CCCC[CH2-].[Cl][Zr][Cl].[Cl][Zr][Cl]. The summed E-state index contributed by atoms with van der Waals surface area (Å²) in [6, 6.07) is 107. The van der Waals surface area contributed by atoms with Gasteiger partial charge in [0.15, 0.2) is 0 Å². The van der Waals surface area contributed by atoms with Gasteiger partial charge in [-0.25, -0.2) is 0 Å². The van der Waals surface area contributed by atoms with Gasteiger partial charge >= 0.3 is 75.7 Å². The molecule has 0 heterocycles. The Morgan fingerprint density at radius 2 is 0.439 bits per heavy atom. The maximum atomic E-state index is 4.93. The van der Waals surface area contributed by atoms with Crippen molar-refractivity contribution in [3.63, 3.8) is 0 Å². The Hall–Kier alpha value is -6.52. The Bertz CT molecular complexity index is 4430. The zero-order valence-electron chi connectivity index (χ0n) is 56.9. The first-order valence-electron chi connectivity index (χ1n) is 33.3. The van der Waals surface area contributed by atoms with E-state index < -0.39 is 41.7 Å². The van der Waals surface area contributed by atoms with Gasteiger partial charge in [-0.3, -0.25) is 0 Å². The molecule has 16 rings (SSSR count). The molecule has 98 heavy (non-hydrogen) atoms. The monoisotopic (exact) mass is 1540 g/mol. The number of aryl methyl sites for hydroxylation is 4. The minimum atomic E-state index is -0.826. The fourth-order valence-electron chi connectivity index (χ4n) is 12.7. The zero-order chi connectivity index (χ0) is 69.8. The van der Waals surface area contributed by atoms with E-state index in [0.717, 1.165) is 24.9 Å². The molecule has 0 spiro atoms. The van der Waals surface area contributed by atoms with Gasteiger partial charge < -0.3 is 13.8 Å². The van der Waals surface area contributed by atoms with Crippen LogP contribution in [0.3, 0.4) is 0 Å². The van der Waals surface area contributed by atoms with Crippen molar-refractivity contribution in [2.45, 2.75) is 79.3 Å². The summed E-state index contributed by atoms with van der Waals surface area (Å²) < 4.78 is 0. The summed E-state index contributed by atoms with van der Waals surface area (Å²) in [6.45, 7) is 20.1. The van der Waals surface area contributed by atoms with Crippen LogP contribution >= 0.6 is 34.1 Å². The second-order valence-electron chi connectivity index (χ2n) is 23.7. The fourth-order valence-corrected chi connectivity index (χ4v) is 12.7. The van der Waals surface area contributed by atoms with E-state index in [1.165, 1.54) is 166 Å². The van der Waals surface area contributed by atoms with E-state index in [1.807, 2.05) is 13.8 Å². The molecule has 492 valence electrons. The molecule has 8 heteroatoms. The number of hydrogen-bond donors (Lipinski definition) is 0. The summed E-state index contributed by atoms with van der Waals surface area (Å²) in [6.07, 6.45) is 4.61. The molecule has 0 atom stereocenters. The maximum absolute atomic E-state index is 4.93. The molecule has 0 saturated heterocycles. The predicted octanol–water partition coefficient (Wildman–Crippen LogP) is 28.9. The average Bonchev–Trinajstić information content (AvgIpc) is 1.52. The summed E-state index contributed by atoms with van der Waals surface area (Å²) >= 11 is -1.65. The van der Waals surface area contributed by atoms with Gasteiger partial charge in [0.1, 0.15) is 0 Å². The second kappa shape index (κ2) is 40.7. The number of rotatable bonds is 7. The molecule has 16 aromatic rings. The third-order valence-corrected chi connectivity index (χ3v) is 16.6. The molecule has 0 amide bonds. The van der Waals surface area contributed by atoms with Crippen LogP contribution in [-0.4, -0.2) is 20.5 Å². The van der Waals surface area contributed by atoms with Crippen LogP contribution < -0.4 is 0 Å². The van der Waals surface area contributed by atoms with Gasteiger partial charge in [-0.05, 0) is 65.3 Å². The number of hydrogen-bond acceptors (Lipinski definition) is 0. The topological polar surface area (TPSA) is 0 Å². The number of fused-ring (bicyclic) bond motifs is 8. The van der Waals surface area contributed by atoms with Gasteiger partial charge in [0, 0.05) is 20.5 Å². The van der Waals surface area contributed by atoms with E-state index in [4.69, 9.17) is 34.1 Å². The van der Waals surface area contributed by atoms with Crippen LogP contribution in [0, 0.1) is 41.5 Å². The van der Waals surface area contributed by atoms with Gasteiger partial charge in [0.2, 0.25) is 0 Å². The van der Waals surface area contributed by atoms with Gasteiger partial charge in [0.25, 0.3) is 0 Å². The first-order valence-corrected chi connectivity index (χ1v) is 47.3. The molecule has 0 saturated carbocycles. The summed E-state index contributed by atoms with van der Waals surface area (Å²) in [5.74, 6) is 0. The van der Waals surface area contributed by atoms with Crippen molar-refractivity contribution < 1.29 is 41.7 Å².